The molecule has 2 atom stereocenters. The lowest BCUT2D eigenvalue weighted by molar-refractivity contribution is -0.143. The molecule has 0 radical (unpaired) electrons. The third-order valence-corrected chi connectivity index (χ3v) is 3.13. The van der Waals surface area contributed by atoms with Crippen molar-refractivity contribution in [3.05, 3.63) is 0 Å². The van der Waals surface area contributed by atoms with Gasteiger partial charge in [-0.15, -0.1) is 0 Å². The molecule has 2 unspecified atom stereocenters. The van der Waals surface area contributed by atoms with E-state index in [0.717, 1.165) is 38.5 Å². The molecular weight excluding hydrogens is 296 g/mol. The summed E-state index contributed by atoms with van der Waals surface area (Å²) < 4.78 is 10.0. The van der Waals surface area contributed by atoms with Gasteiger partial charge in [-0.25, -0.2) is 0 Å². The first kappa shape index (κ1) is 19.6. The van der Waals surface area contributed by atoms with E-state index in [1.807, 2.05) is 0 Å². The zero-order valence-corrected chi connectivity index (χ0v) is 14.1. The van der Waals surface area contributed by atoms with Crippen LogP contribution in [-0.4, -0.2) is 35.7 Å². The molecule has 0 saturated heterocycles. The van der Waals surface area contributed by atoms with Crippen LogP contribution in [0.4, 0.5) is 0 Å². The monoisotopic (exact) mass is 322 g/mol. The highest BCUT2D eigenvalue weighted by molar-refractivity contribution is 7.81. The number of thiol groups is 2. The topological polar surface area (TPSA) is 52.6 Å². The average molecular weight is 322 g/mol. The first-order valence-corrected chi connectivity index (χ1v) is 8.18. The first-order chi connectivity index (χ1) is 9.45. The van der Waals surface area contributed by atoms with Crippen LogP contribution in [0.2, 0.25) is 0 Å². The average Bonchev–Trinajstić information content (AvgIpc) is 2.39. The Morgan fingerprint density at radius 3 is 1.35 bits per heavy atom. The maximum atomic E-state index is 11.1. The van der Waals surface area contributed by atoms with Crippen LogP contribution in [0.15, 0.2) is 0 Å². The second-order valence-corrected chi connectivity index (χ2v) is 6.36. The molecule has 0 N–H and O–H groups in total. The van der Waals surface area contributed by atoms with E-state index in [1.54, 1.807) is 13.8 Å². The number of hydrogen-bond acceptors (Lipinski definition) is 6. The van der Waals surface area contributed by atoms with Crippen molar-refractivity contribution in [3.8, 4) is 0 Å². The van der Waals surface area contributed by atoms with E-state index in [-0.39, 0.29) is 22.4 Å². The Balaban J connectivity index is 3.21. The third kappa shape index (κ3) is 11.5. The van der Waals surface area contributed by atoms with Crippen molar-refractivity contribution in [3.63, 3.8) is 0 Å². The molecule has 0 heterocycles. The molecular formula is C14H26O4S2. The van der Waals surface area contributed by atoms with Gasteiger partial charge in [0, 0.05) is 0 Å². The van der Waals surface area contributed by atoms with Crippen LogP contribution >= 0.6 is 25.3 Å². The largest absolute Gasteiger partial charge is 0.465 e. The Labute approximate surface area is 132 Å². The highest BCUT2D eigenvalue weighted by Gasteiger charge is 2.08. The minimum absolute atomic E-state index is 0.256. The van der Waals surface area contributed by atoms with Crippen molar-refractivity contribution in [2.24, 2.45) is 0 Å². The lowest BCUT2D eigenvalue weighted by atomic mass is 10.1. The van der Waals surface area contributed by atoms with Crippen LogP contribution in [0.25, 0.3) is 0 Å². The second kappa shape index (κ2) is 12.4. The molecule has 0 saturated carbocycles. The van der Waals surface area contributed by atoms with Gasteiger partial charge in [-0.05, 0) is 26.7 Å². The van der Waals surface area contributed by atoms with E-state index < -0.39 is 0 Å². The minimum atomic E-state index is -0.349. The predicted octanol–water partition coefficient (Wildman–Crippen LogP) is 3.05. The van der Waals surface area contributed by atoms with Crippen molar-refractivity contribution < 1.29 is 19.1 Å². The van der Waals surface area contributed by atoms with Gasteiger partial charge < -0.3 is 9.47 Å². The lowest BCUT2D eigenvalue weighted by Crippen LogP contribution is -2.15. The summed E-state index contributed by atoms with van der Waals surface area (Å²) in [5.41, 5.74) is 0. The molecule has 0 aliphatic heterocycles. The molecule has 0 aromatic heterocycles. The number of carbonyl (C=O) groups is 2. The van der Waals surface area contributed by atoms with Crippen LogP contribution in [0.3, 0.4) is 0 Å². The number of rotatable bonds is 11. The Hall–Kier alpha value is -0.360. The molecule has 0 aliphatic rings. The van der Waals surface area contributed by atoms with E-state index in [1.165, 1.54) is 0 Å². The maximum absolute atomic E-state index is 11.1. The van der Waals surface area contributed by atoms with Gasteiger partial charge in [0.25, 0.3) is 0 Å². The zero-order valence-electron chi connectivity index (χ0n) is 12.3. The van der Waals surface area contributed by atoms with Crippen molar-refractivity contribution in [2.45, 2.75) is 62.9 Å². The van der Waals surface area contributed by atoms with Crippen molar-refractivity contribution in [1.82, 2.24) is 0 Å². The molecule has 0 fully saturated rings. The van der Waals surface area contributed by atoms with E-state index in [9.17, 15) is 9.59 Å². The minimum Gasteiger partial charge on any atom is -0.465 e. The normalized spacial score (nSPS) is 13.6. The number of esters is 2. The summed E-state index contributed by atoms with van der Waals surface area (Å²) >= 11 is 7.99. The Morgan fingerprint density at radius 1 is 0.750 bits per heavy atom. The summed E-state index contributed by atoms with van der Waals surface area (Å²) in [4.78, 5) is 22.2. The van der Waals surface area contributed by atoms with Gasteiger partial charge in [-0.2, -0.15) is 25.3 Å². The fourth-order valence-electron chi connectivity index (χ4n) is 1.50. The number of unbranched alkanes of at least 4 members (excludes halogenated alkanes) is 5. The molecule has 20 heavy (non-hydrogen) atoms. The fourth-order valence-corrected chi connectivity index (χ4v) is 1.65. The van der Waals surface area contributed by atoms with Gasteiger partial charge in [-0.1, -0.05) is 25.7 Å². The molecule has 0 aromatic rings. The molecule has 118 valence electrons. The molecule has 0 spiro atoms. The van der Waals surface area contributed by atoms with Gasteiger partial charge in [0.15, 0.2) is 0 Å². The van der Waals surface area contributed by atoms with Crippen molar-refractivity contribution >= 4 is 37.2 Å². The van der Waals surface area contributed by atoms with Crippen LogP contribution in [-0.2, 0) is 19.1 Å². The van der Waals surface area contributed by atoms with E-state index in [0.29, 0.717) is 13.2 Å². The summed E-state index contributed by atoms with van der Waals surface area (Å²) in [5.74, 6) is -0.512. The summed E-state index contributed by atoms with van der Waals surface area (Å²) in [5, 5.41) is -0.699. The maximum Gasteiger partial charge on any atom is 0.318 e. The van der Waals surface area contributed by atoms with Crippen LogP contribution in [0.5, 0.6) is 0 Å². The van der Waals surface area contributed by atoms with Crippen LogP contribution in [0.1, 0.15) is 52.4 Å². The zero-order chi connectivity index (χ0) is 15.4. The van der Waals surface area contributed by atoms with Crippen molar-refractivity contribution in [1.29, 1.82) is 0 Å². The Kier molecular flexibility index (Phi) is 12.2. The predicted molar refractivity (Wildman–Crippen MR) is 86.5 cm³/mol. The quantitative estimate of drug-likeness (QED) is 0.349. The summed E-state index contributed by atoms with van der Waals surface area (Å²) in [6, 6.07) is 0. The van der Waals surface area contributed by atoms with Crippen LogP contribution in [0, 0.1) is 0 Å². The van der Waals surface area contributed by atoms with Crippen molar-refractivity contribution in [2.75, 3.05) is 13.2 Å². The summed E-state index contributed by atoms with van der Waals surface area (Å²) in [6.07, 6.45) is 6.07. The third-order valence-electron chi connectivity index (χ3n) is 2.71. The molecule has 6 heteroatoms. The van der Waals surface area contributed by atoms with Gasteiger partial charge in [0.2, 0.25) is 0 Å². The summed E-state index contributed by atoms with van der Waals surface area (Å²) in [7, 11) is 0. The molecule has 0 rings (SSSR count). The number of carbonyl (C=O) groups excluding carboxylic acids is 2. The van der Waals surface area contributed by atoms with Gasteiger partial charge in [-0.3, -0.25) is 9.59 Å². The molecule has 0 bridgehead atoms. The van der Waals surface area contributed by atoms with E-state index in [2.05, 4.69) is 25.3 Å². The van der Waals surface area contributed by atoms with E-state index >= 15 is 0 Å². The second-order valence-electron chi connectivity index (χ2n) is 4.81. The fraction of sp³-hybridized carbons (Fsp3) is 0.857. The molecule has 4 nitrogen and oxygen atoms in total. The summed E-state index contributed by atoms with van der Waals surface area (Å²) in [6.45, 7) is 4.35. The van der Waals surface area contributed by atoms with E-state index in [4.69, 9.17) is 9.47 Å². The lowest BCUT2D eigenvalue weighted by Gasteiger charge is -2.07. The van der Waals surface area contributed by atoms with Gasteiger partial charge in [0.1, 0.15) is 0 Å². The highest BCUT2D eigenvalue weighted by Crippen LogP contribution is 2.07. The van der Waals surface area contributed by atoms with Gasteiger partial charge >= 0.3 is 11.9 Å². The SMILES string of the molecule is CC(S)C(=O)OCCCCCCCCOC(=O)C(C)S. The molecule has 0 aliphatic carbocycles. The standard InChI is InChI=1S/C14H26O4S2/c1-11(19)13(15)17-9-7-5-3-4-6-8-10-18-14(16)12(2)20/h11-12,19-20H,3-10H2,1-2H3. The Bertz CT molecular complexity index is 252. The number of hydrogen-bond donors (Lipinski definition) is 2. The number of ether oxygens (including phenoxy) is 2. The highest BCUT2D eigenvalue weighted by atomic mass is 32.1. The molecule has 0 amide bonds. The first-order valence-electron chi connectivity index (χ1n) is 7.14. The van der Waals surface area contributed by atoms with Crippen LogP contribution < -0.4 is 0 Å². The smallest absolute Gasteiger partial charge is 0.318 e. The Morgan fingerprint density at radius 2 is 1.05 bits per heavy atom. The molecule has 0 aromatic carbocycles. The van der Waals surface area contributed by atoms with Gasteiger partial charge in [0.05, 0.1) is 23.7 Å².